The second kappa shape index (κ2) is 5.65. The summed E-state index contributed by atoms with van der Waals surface area (Å²) in [5, 5.41) is 10.2. The van der Waals surface area contributed by atoms with Crippen LogP contribution in [0, 0.1) is 5.82 Å². The van der Waals surface area contributed by atoms with E-state index in [-0.39, 0.29) is 17.1 Å². The molecular weight excluding hydrogens is 287 g/mol. The quantitative estimate of drug-likeness (QED) is 0.691. The van der Waals surface area contributed by atoms with Crippen LogP contribution in [0.1, 0.15) is 12.8 Å². The molecular formula is C12H17FN2O4S. The number of aliphatic hydroxyl groups is 1. The van der Waals surface area contributed by atoms with E-state index in [2.05, 4.69) is 4.72 Å². The van der Waals surface area contributed by atoms with Crippen LogP contribution < -0.4 is 10.5 Å². The maximum absolute atomic E-state index is 12.9. The molecule has 2 rings (SSSR count). The number of benzene rings is 1. The molecule has 0 saturated carbocycles. The summed E-state index contributed by atoms with van der Waals surface area (Å²) in [4.78, 5) is -0.199. The van der Waals surface area contributed by atoms with Gasteiger partial charge >= 0.3 is 0 Å². The Kier molecular flexibility index (Phi) is 4.28. The Bertz CT molecular complexity index is 585. The van der Waals surface area contributed by atoms with Gasteiger partial charge in [0.05, 0.1) is 11.3 Å². The van der Waals surface area contributed by atoms with Gasteiger partial charge in [-0.1, -0.05) is 0 Å². The standard InChI is InChI=1S/C12H17FN2O4S/c13-9-1-2-11(10(14)7-9)20(17,18)15-8-12(16)3-5-19-6-4-12/h1-2,7,15-16H,3-6,8,14H2. The number of anilines is 1. The summed E-state index contributed by atoms with van der Waals surface area (Å²) in [5.74, 6) is -0.607. The highest BCUT2D eigenvalue weighted by molar-refractivity contribution is 7.89. The molecule has 1 aromatic carbocycles. The van der Waals surface area contributed by atoms with Gasteiger partial charge in [0.1, 0.15) is 10.7 Å². The predicted molar refractivity (Wildman–Crippen MR) is 71.0 cm³/mol. The number of nitrogens with two attached hydrogens (primary N) is 1. The first-order valence-electron chi connectivity index (χ1n) is 6.17. The van der Waals surface area contributed by atoms with Crippen molar-refractivity contribution in [2.45, 2.75) is 23.3 Å². The fraction of sp³-hybridized carbons (Fsp3) is 0.500. The smallest absolute Gasteiger partial charge is 0.242 e. The van der Waals surface area contributed by atoms with Gasteiger partial charge in [-0.05, 0) is 18.2 Å². The first kappa shape index (κ1) is 15.2. The molecule has 112 valence electrons. The SMILES string of the molecule is Nc1cc(F)ccc1S(=O)(=O)NCC1(O)CCOCC1. The maximum atomic E-state index is 12.9. The molecule has 8 heteroatoms. The molecule has 1 aliphatic rings. The van der Waals surface area contributed by atoms with Gasteiger partial charge in [-0.2, -0.15) is 0 Å². The lowest BCUT2D eigenvalue weighted by atomic mass is 9.95. The number of hydrogen-bond acceptors (Lipinski definition) is 5. The summed E-state index contributed by atoms with van der Waals surface area (Å²) in [6, 6.07) is 3.06. The molecule has 0 spiro atoms. The van der Waals surface area contributed by atoms with E-state index in [1.54, 1.807) is 0 Å². The van der Waals surface area contributed by atoms with E-state index in [1.165, 1.54) is 0 Å². The summed E-state index contributed by atoms with van der Waals surface area (Å²) >= 11 is 0. The zero-order valence-corrected chi connectivity index (χ0v) is 11.6. The summed E-state index contributed by atoms with van der Waals surface area (Å²) in [5.41, 5.74) is 4.21. The van der Waals surface area contributed by atoms with Gasteiger partial charge in [0.25, 0.3) is 0 Å². The van der Waals surface area contributed by atoms with Crippen LogP contribution in [0.15, 0.2) is 23.1 Å². The minimum absolute atomic E-state index is 0.129. The summed E-state index contributed by atoms with van der Waals surface area (Å²) in [7, 11) is -3.89. The molecule has 0 aromatic heterocycles. The van der Waals surface area contributed by atoms with E-state index >= 15 is 0 Å². The number of rotatable bonds is 4. The molecule has 6 nitrogen and oxygen atoms in total. The average molecular weight is 304 g/mol. The minimum Gasteiger partial charge on any atom is -0.398 e. The van der Waals surface area contributed by atoms with Crippen molar-refractivity contribution in [3.05, 3.63) is 24.0 Å². The molecule has 1 saturated heterocycles. The number of halogens is 1. The van der Waals surface area contributed by atoms with Gasteiger partial charge in [-0.25, -0.2) is 17.5 Å². The normalized spacial score (nSPS) is 18.9. The lowest BCUT2D eigenvalue weighted by Crippen LogP contribution is -2.46. The van der Waals surface area contributed by atoms with Crippen molar-refractivity contribution in [1.29, 1.82) is 0 Å². The number of ether oxygens (including phenoxy) is 1. The number of nitrogens with one attached hydrogen (secondary N) is 1. The van der Waals surface area contributed by atoms with E-state index in [1.807, 2.05) is 0 Å². The van der Waals surface area contributed by atoms with Crippen molar-refractivity contribution >= 4 is 15.7 Å². The van der Waals surface area contributed by atoms with Crippen molar-refractivity contribution in [2.75, 3.05) is 25.5 Å². The Morgan fingerprint density at radius 3 is 2.65 bits per heavy atom. The van der Waals surface area contributed by atoms with E-state index in [4.69, 9.17) is 10.5 Å². The van der Waals surface area contributed by atoms with Crippen molar-refractivity contribution in [2.24, 2.45) is 0 Å². The van der Waals surface area contributed by atoms with Gasteiger partial charge < -0.3 is 15.6 Å². The third kappa shape index (κ3) is 3.45. The Balaban J connectivity index is 2.11. The number of nitrogen functional groups attached to an aromatic ring is 1. The zero-order chi connectivity index (χ0) is 14.8. The molecule has 4 N–H and O–H groups in total. The Morgan fingerprint density at radius 2 is 2.05 bits per heavy atom. The Labute approximate surface area is 116 Å². The third-order valence-electron chi connectivity index (χ3n) is 3.28. The summed E-state index contributed by atoms with van der Waals surface area (Å²) in [6.07, 6.45) is 0.711. The van der Waals surface area contributed by atoms with Crippen LogP contribution in [0.25, 0.3) is 0 Å². The van der Waals surface area contributed by atoms with Crippen LogP contribution in [0.2, 0.25) is 0 Å². The van der Waals surface area contributed by atoms with Gasteiger partial charge in [0, 0.05) is 32.6 Å². The highest BCUT2D eigenvalue weighted by Gasteiger charge is 2.31. The molecule has 1 fully saturated rings. The molecule has 1 aromatic rings. The molecule has 1 aliphatic heterocycles. The molecule has 0 amide bonds. The van der Waals surface area contributed by atoms with Crippen molar-refractivity contribution in [1.82, 2.24) is 4.72 Å². The highest BCUT2D eigenvalue weighted by atomic mass is 32.2. The Hall–Kier alpha value is -1.22. The lowest BCUT2D eigenvalue weighted by molar-refractivity contribution is -0.0588. The van der Waals surface area contributed by atoms with Gasteiger partial charge in [0.2, 0.25) is 10.0 Å². The van der Waals surface area contributed by atoms with E-state index in [0.717, 1.165) is 18.2 Å². The topological polar surface area (TPSA) is 102 Å². The molecule has 0 radical (unpaired) electrons. The van der Waals surface area contributed by atoms with Gasteiger partial charge in [-0.15, -0.1) is 0 Å². The van der Waals surface area contributed by atoms with E-state index < -0.39 is 21.4 Å². The van der Waals surface area contributed by atoms with Gasteiger partial charge in [-0.3, -0.25) is 0 Å². The van der Waals surface area contributed by atoms with Crippen molar-refractivity contribution in [3.8, 4) is 0 Å². The zero-order valence-electron chi connectivity index (χ0n) is 10.8. The van der Waals surface area contributed by atoms with Crippen molar-refractivity contribution < 1.29 is 22.7 Å². The predicted octanol–water partition coefficient (Wildman–Crippen LogP) is 0.228. The number of hydrogen-bond donors (Lipinski definition) is 3. The highest BCUT2D eigenvalue weighted by Crippen LogP contribution is 2.22. The monoisotopic (exact) mass is 304 g/mol. The van der Waals surface area contributed by atoms with Crippen LogP contribution in [-0.4, -0.2) is 38.9 Å². The summed E-state index contributed by atoms with van der Waals surface area (Å²) in [6.45, 7) is 0.642. The fourth-order valence-electron chi connectivity index (χ4n) is 2.00. The third-order valence-corrected chi connectivity index (χ3v) is 4.75. The molecule has 0 bridgehead atoms. The second-order valence-electron chi connectivity index (χ2n) is 4.84. The van der Waals surface area contributed by atoms with Crippen molar-refractivity contribution in [3.63, 3.8) is 0 Å². The van der Waals surface area contributed by atoms with E-state index in [9.17, 15) is 17.9 Å². The van der Waals surface area contributed by atoms with Crippen LogP contribution in [0.3, 0.4) is 0 Å². The van der Waals surface area contributed by atoms with E-state index in [0.29, 0.717) is 26.1 Å². The average Bonchev–Trinajstić information content (AvgIpc) is 2.37. The first-order chi connectivity index (χ1) is 9.32. The molecule has 0 atom stereocenters. The van der Waals surface area contributed by atoms with Gasteiger partial charge in [0.15, 0.2) is 0 Å². The lowest BCUT2D eigenvalue weighted by Gasteiger charge is -2.32. The van der Waals surface area contributed by atoms with Crippen LogP contribution in [0.4, 0.5) is 10.1 Å². The minimum atomic E-state index is -3.89. The van der Waals surface area contributed by atoms with Crippen LogP contribution in [-0.2, 0) is 14.8 Å². The number of sulfonamides is 1. The largest absolute Gasteiger partial charge is 0.398 e. The first-order valence-corrected chi connectivity index (χ1v) is 7.66. The molecule has 0 aliphatic carbocycles. The maximum Gasteiger partial charge on any atom is 0.242 e. The van der Waals surface area contributed by atoms with Crippen LogP contribution in [0.5, 0.6) is 0 Å². The molecule has 1 heterocycles. The molecule has 20 heavy (non-hydrogen) atoms. The van der Waals surface area contributed by atoms with Crippen LogP contribution >= 0.6 is 0 Å². The summed E-state index contributed by atoms with van der Waals surface area (Å²) < 4.78 is 44.5. The fourth-order valence-corrected chi connectivity index (χ4v) is 3.23. The Morgan fingerprint density at radius 1 is 1.40 bits per heavy atom. The molecule has 0 unspecified atom stereocenters. The second-order valence-corrected chi connectivity index (χ2v) is 6.58.